The second-order valence-electron chi connectivity index (χ2n) is 9.44. The predicted octanol–water partition coefficient (Wildman–Crippen LogP) is 1.80. The normalized spacial score (nSPS) is 30.5. The van der Waals surface area contributed by atoms with Crippen LogP contribution in [0.5, 0.6) is 0 Å². The van der Waals surface area contributed by atoms with Gasteiger partial charge in [-0.3, -0.25) is 9.05 Å². The molecule has 2 aliphatic rings. The number of fused-ring (bicyclic) bond motifs is 1. The quantitative estimate of drug-likeness (QED) is 0.201. The Balaban J connectivity index is 1.31. The van der Waals surface area contributed by atoms with Crippen LogP contribution in [0.25, 0.3) is 5.52 Å². The predicted molar refractivity (Wildman–Crippen MR) is 130 cm³/mol. The minimum Gasteiger partial charge on any atom is -0.387 e. The average Bonchev–Trinajstić information content (AvgIpc) is 3.25. The smallest absolute Gasteiger partial charge is 0.387 e. The van der Waals surface area contributed by atoms with Crippen LogP contribution in [0.15, 0.2) is 18.5 Å². The summed E-state index contributed by atoms with van der Waals surface area (Å²) in [4.78, 5) is 14.0. The van der Waals surface area contributed by atoms with Crippen LogP contribution in [-0.4, -0.2) is 73.4 Å². The summed E-state index contributed by atoms with van der Waals surface area (Å²) >= 11 is 0. The number of aromatic nitrogens is 3. The van der Waals surface area contributed by atoms with Crippen LogP contribution < -0.4 is 5.73 Å². The van der Waals surface area contributed by atoms with Crippen molar-refractivity contribution in [2.45, 2.75) is 81.4 Å². The number of anilines is 1. The van der Waals surface area contributed by atoms with Crippen LogP contribution in [0.1, 0.15) is 57.6 Å². The Morgan fingerprint density at radius 3 is 2.73 bits per heavy atom. The molecule has 0 radical (unpaired) electrons. The fraction of sp³-hybridized carbons (Fsp3) is 0.696. The molecular formula is C23H34N5O8P. The van der Waals surface area contributed by atoms with E-state index in [1.807, 2.05) is 6.07 Å². The molecule has 1 saturated carbocycles. The van der Waals surface area contributed by atoms with Gasteiger partial charge in [-0.05, 0) is 18.6 Å². The number of nitrogens with two attached hydrogens (primary N) is 1. The highest BCUT2D eigenvalue weighted by molar-refractivity contribution is 7.47. The summed E-state index contributed by atoms with van der Waals surface area (Å²) in [5, 5.41) is 35.8. The van der Waals surface area contributed by atoms with Crippen molar-refractivity contribution in [2.24, 2.45) is 0 Å². The largest absolute Gasteiger partial charge is 0.472 e. The highest BCUT2D eigenvalue weighted by Crippen LogP contribution is 2.62. The molecule has 5 N–H and O–H groups in total. The minimum atomic E-state index is -4.52. The number of hydrogen-bond donors (Lipinski definition) is 4. The van der Waals surface area contributed by atoms with Gasteiger partial charge in [0, 0.05) is 13.0 Å². The van der Waals surface area contributed by atoms with E-state index in [4.69, 9.17) is 24.3 Å². The number of aliphatic hydroxyl groups excluding tert-OH is 2. The van der Waals surface area contributed by atoms with Crippen LogP contribution in [0.2, 0.25) is 0 Å². The van der Waals surface area contributed by atoms with Gasteiger partial charge in [0.2, 0.25) is 5.60 Å². The van der Waals surface area contributed by atoms with E-state index in [1.54, 1.807) is 6.07 Å². The number of phosphoric ester groups is 1. The van der Waals surface area contributed by atoms with Gasteiger partial charge in [0.1, 0.15) is 41.8 Å². The van der Waals surface area contributed by atoms with Crippen LogP contribution >= 0.6 is 7.82 Å². The molecule has 1 spiro atoms. The summed E-state index contributed by atoms with van der Waals surface area (Å²) < 4.78 is 35.4. The summed E-state index contributed by atoms with van der Waals surface area (Å²) in [6.07, 6.45) is 3.57. The maximum atomic E-state index is 12.5. The first kappa shape index (κ1) is 27.9. The van der Waals surface area contributed by atoms with Crippen molar-refractivity contribution in [2.75, 3.05) is 25.6 Å². The van der Waals surface area contributed by atoms with Crippen LogP contribution in [-0.2, 0) is 28.7 Å². The molecule has 4 rings (SSSR count). The lowest BCUT2D eigenvalue weighted by Crippen LogP contribution is -2.41. The fourth-order valence-electron chi connectivity index (χ4n) is 4.76. The number of ether oxygens (including phenoxy) is 2. The van der Waals surface area contributed by atoms with Crippen molar-refractivity contribution in [1.82, 2.24) is 14.6 Å². The average molecular weight is 540 g/mol. The number of aliphatic hydroxyl groups is 2. The summed E-state index contributed by atoms with van der Waals surface area (Å²) in [5.74, 6) is 0.152. The zero-order valence-corrected chi connectivity index (χ0v) is 21.6. The van der Waals surface area contributed by atoms with E-state index in [9.17, 15) is 24.9 Å². The second kappa shape index (κ2) is 11.3. The van der Waals surface area contributed by atoms with Crippen molar-refractivity contribution in [3.8, 4) is 6.07 Å². The first-order valence-electron chi connectivity index (χ1n) is 12.5. The molecule has 3 heterocycles. The van der Waals surface area contributed by atoms with Gasteiger partial charge in [-0.25, -0.2) is 14.1 Å². The number of phosphoric acid groups is 1. The number of unbranched alkanes of at least 4 members (excludes halogenated alkanes) is 5. The molecule has 2 aromatic rings. The zero-order valence-electron chi connectivity index (χ0n) is 20.7. The number of nitriles is 1. The molecule has 37 heavy (non-hydrogen) atoms. The van der Waals surface area contributed by atoms with Gasteiger partial charge in [0.05, 0.1) is 18.9 Å². The van der Waals surface area contributed by atoms with E-state index in [0.717, 1.165) is 19.3 Å². The van der Waals surface area contributed by atoms with Crippen LogP contribution in [0.4, 0.5) is 5.82 Å². The Labute approximate surface area is 214 Å². The number of rotatable bonds is 14. The number of nitrogens with zero attached hydrogens (tertiary/aromatic N) is 4. The zero-order chi connectivity index (χ0) is 26.7. The Morgan fingerprint density at radius 1 is 1.22 bits per heavy atom. The topological polar surface area (TPSA) is 195 Å². The first-order valence-corrected chi connectivity index (χ1v) is 14.0. The molecule has 0 amide bonds. The maximum Gasteiger partial charge on any atom is 0.472 e. The summed E-state index contributed by atoms with van der Waals surface area (Å²) in [6, 6.07) is 4.98. The molecular weight excluding hydrogens is 505 g/mol. The molecule has 2 aromatic heterocycles. The van der Waals surface area contributed by atoms with Gasteiger partial charge in [0.15, 0.2) is 5.82 Å². The summed E-state index contributed by atoms with van der Waals surface area (Å²) in [6.45, 7) is 2.67. The van der Waals surface area contributed by atoms with Crippen molar-refractivity contribution in [3.63, 3.8) is 0 Å². The molecule has 14 heteroatoms. The SMILES string of the molecule is CCCCCCCCOCCOP(=O)(O)O[C@H]1C[C@]12O[C@@](C#N)(c1ccc3c(N)ncnn13)[C@H](O)[C@@H]2O. The van der Waals surface area contributed by atoms with Crippen molar-refractivity contribution >= 4 is 19.2 Å². The van der Waals surface area contributed by atoms with Crippen LogP contribution in [0, 0.1) is 11.3 Å². The maximum absolute atomic E-state index is 12.5. The molecule has 2 fully saturated rings. The molecule has 1 aliphatic heterocycles. The molecule has 6 atom stereocenters. The monoisotopic (exact) mass is 539 g/mol. The van der Waals surface area contributed by atoms with E-state index in [2.05, 4.69) is 17.0 Å². The lowest BCUT2D eigenvalue weighted by atomic mass is 9.92. The number of nitrogen functional groups attached to an aromatic ring is 1. The minimum absolute atomic E-state index is 0.0302. The van der Waals surface area contributed by atoms with Crippen molar-refractivity contribution < 1.29 is 38.2 Å². The summed E-state index contributed by atoms with van der Waals surface area (Å²) in [7, 11) is -4.52. The van der Waals surface area contributed by atoms with E-state index in [-0.39, 0.29) is 31.1 Å². The van der Waals surface area contributed by atoms with E-state index in [1.165, 1.54) is 36.2 Å². The van der Waals surface area contributed by atoms with Gasteiger partial charge in [-0.2, -0.15) is 10.4 Å². The highest BCUT2D eigenvalue weighted by atomic mass is 31.2. The molecule has 0 aromatic carbocycles. The third-order valence-electron chi connectivity index (χ3n) is 6.87. The van der Waals surface area contributed by atoms with Gasteiger partial charge in [-0.15, -0.1) is 0 Å². The third-order valence-corrected chi connectivity index (χ3v) is 7.90. The van der Waals surface area contributed by atoms with Gasteiger partial charge < -0.3 is 30.3 Å². The standard InChI is InChI=1S/C23H34N5O8P/c1-2-3-4-5-6-7-10-33-11-12-34-37(31,32)35-18-13-22(18)19(29)20(30)23(14-24,36-22)17-9-8-16-21(25)26-15-27-28(16)17/h8-9,15,18-20,29-30H,2-7,10-13H2,1H3,(H,31,32)(H2,25,26,27)/t18-,19-,20+,22-,23-/m0/s1. The van der Waals surface area contributed by atoms with Crippen molar-refractivity contribution in [1.29, 1.82) is 5.26 Å². The third kappa shape index (κ3) is 5.53. The molecule has 13 nitrogen and oxygen atoms in total. The molecule has 0 bridgehead atoms. The summed E-state index contributed by atoms with van der Waals surface area (Å²) in [5.41, 5.74) is 2.76. The molecule has 1 saturated heterocycles. The lowest BCUT2D eigenvalue weighted by Gasteiger charge is -2.24. The van der Waals surface area contributed by atoms with E-state index in [0.29, 0.717) is 12.1 Å². The fourth-order valence-corrected chi connectivity index (χ4v) is 5.70. The first-order chi connectivity index (χ1) is 17.7. The Hall–Kier alpha value is -2.14. The highest BCUT2D eigenvalue weighted by Gasteiger charge is 2.76. The second-order valence-corrected chi connectivity index (χ2v) is 10.8. The molecule has 204 valence electrons. The van der Waals surface area contributed by atoms with Crippen LogP contribution in [0.3, 0.4) is 0 Å². The van der Waals surface area contributed by atoms with E-state index < -0.39 is 37.3 Å². The van der Waals surface area contributed by atoms with Crippen molar-refractivity contribution in [3.05, 3.63) is 24.2 Å². The number of hydrogen-bond acceptors (Lipinski definition) is 11. The van der Waals surface area contributed by atoms with Gasteiger partial charge >= 0.3 is 7.82 Å². The lowest BCUT2D eigenvalue weighted by molar-refractivity contribution is -0.0758. The molecule has 1 unspecified atom stereocenters. The van der Waals surface area contributed by atoms with E-state index >= 15 is 0 Å². The Bertz CT molecular complexity index is 1170. The molecule has 1 aliphatic carbocycles. The van der Waals surface area contributed by atoms with Gasteiger partial charge in [-0.1, -0.05) is 39.0 Å². The Morgan fingerprint density at radius 2 is 1.97 bits per heavy atom. The Kier molecular flexibility index (Phi) is 8.52. The van der Waals surface area contributed by atoms with Gasteiger partial charge in [0.25, 0.3) is 0 Å².